The highest BCUT2D eigenvalue weighted by molar-refractivity contribution is 9.10. The van der Waals surface area contributed by atoms with Gasteiger partial charge in [0, 0.05) is 12.6 Å². The number of anilines is 1. The Hall–Kier alpha value is -1.17. The lowest BCUT2D eigenvalue weighted by Gasteiger charge is -2.07. The van der Waals surface area contributed by atoms with Gasteiger partial charge in [-0.2, -0.15) is 0 Å². The Kier molecular flexibility index (Phi) is 7.51. The number of halogens is 1. The Bertz CT molecular complexity index is 438. The molecule has 1 heterocycles. The molecule has 1 aromatic rings. The molecule has 1 rings (SSSR count). The quantitative estimate of drug-likeness (QED) is 0.398. The van der Waals surface area contributed by atoms with E-state index in [1.807, 2.05) is 0 Å². The average Bonchev–Trinajstić information content (AvgIpc) is 2.38. The van der Waals surface area contributed by atoms with Crippen LogP contribution in [-0.2, 0) is 0 Å². The van der Waals surface area contributed by atoms with Gasteiger partial charge in [0.1, 0.15) is 12.0 Å². The first-order valence-electron chi connectivity index (χ1n) is 7.04. The number of hydrogen-bond acceptors (Lipinski definition) is 4. The van der Waals surface area contributed by atoms with Crippen molar-refractivity contribution < 1.29 is 4.92 Å². The molecule has 0 radical (unpaired) electrons. The second-order valence-electron chi connectivity index (χ2n) is 5.30. The lowest BCUT2D eigenvalue weighted by atomic mass is 10.0. The molecule has 20 heavy (non-hydrogen) atoms. The molecule has 0 aliphatic carbocycles. The van der Waals surface area contributed by atoms with Gasteiger partial charge in [0.25, 0.3) is 5.69 Å². The Morgan fingerprint density at radius 2 is 2.05 bits per heavy atom. The van der Waals surface area contributed by atoms with Gasteiger partial charge in [0.05, 0.1) is 9.40 Å². The summed E-state index contributed by atoms with van der Waals surface area (Å²) in [7, 11) is 0. The predicted molar refractivity (Wildman–Crippen MR) is 85.0 cm³/mol. The van der Waals surface area contributed by atoms with E-state index in [9.17, 15) is 10.1 Å². The molecule has 6 heteroatoms. The first-order valence-corrected chi connectivity index (χ1v) is 7.84. The maximum Gasteiger partial charge on any atom is 0.288 e. The van der Waals surface area contributed by atoms with E-state index in [-0.39, 0.29) is 5.69 Å². The molecule has 1 N–H and O–H groups in total. The highest BCUT2D eigenvalue weighted by atomic mass is 79.9. The van der Waals surface area contributed by atoms with E-state index in [2.05, 4.69) is 40.1 Å². The summed E-state index contributed by atoms with van der Waals surface area (Å²) >= 11 is 3.30. The number of nitrogens with one attached hydrogen (secondary N) is 1. The average molecular weight is 344 g/mol. The first-order chi connectivity index (χ1) is 9.50. The second kappa shape index (κ2) is 8.89. The molecular formula is C14H22BrN3O2. The summed E-state index contributed by atoms with van der Waals surface area (Å²) in [4.78, 5) is 14.2. The third-order valence-corrected chi connectivity index (χ3v) is 3.64. The lowest BCUT2D eigenvalue weighted by Crippen LogP contribution is -2.04. The van der Waals surface area contributed by atoms with E-state index in [0.29, 0.717) is 10.3 Å². The number of pyridine rings is 1. The number of unbranched alkanes of at least 4 members (excludes halogenated alkanes) is 3. The molecule has 0 aliphatic rings. The number of rotatable bonds is 9. The Morgan fingerprint density at radius 1 is 1.35 bits per heavy atom. The van der Waals surface area contributed by atoms with Gasteiger partial charge >= 0.3 is 0 Å². The third kappa shape index (κ3) is 6.32. The van der Waals surface area contributed by atoms with Crippen molar-refractivity contribution in [3.63, 3.8) is 0 Å². The van der Waals surface area contributed by atoms with Crippen molar-refractivity contribution in [2.24, 2.45) is 5.92 Å². The normalized spacial score (nSPS) is 10.8. The molecule has 112 valence electrons. The Balaban J connectivity index is 2.24. The van der Waals surface area contributed by atoms with Gasteiger partial charge in [-0.15, -0.1) is 0 Å². The monoisotopic (exact) mass is 343 g/mol. The van der Waals surface area contributed by atoms with Crippen LogP contribution in [0.1, 0.15) is 46.0 Å². The van der Waals surface area contributed by atoms with Crippen LogP contribution in [0.5, 0.6) is 0 Å². The van der Waals surface area contributed by atoms with Crippen LogP contribution < -0.4 is 5.32 Å². The van der Waals surface area contributed by atoms with Gasteiger partial charge < -0.3 is 5.32 Å². The molecule has 1 aromatic heterocycles. The minimum atomic E-state index is -0.448. The predicted octanol–water partition coefficient (Wildman–Crippen LogP) is 4.77. The second-order valence-corrected chi connectivity index (χ2v) is 6.16. The van der Waals surface area contributed by atoms with Crippen LogP contribution >= 0.6 is 15.9 Å². The van der Waals surface area contributed by atoms with E-state index in [0.717, 1.165) is 18.9 Å². The molecule has 0 aliphatic heterocycles. The standard InChI is InChI=1S/C14H22BrN3O2/c1-11(2)7-5-3-4-6-8-16-14-13(15)9-12(10-17-14)18(19)20/h9-11H,3-8H2,1-2H3,(H,16,17). The molecule has 0 aromatic carbocycles. The first kappa shape index (κ1) is 16.9. The molecule has 0 unspecified atom stereocenters. The van der Waals surface area contributed by atoms with Crippen LogP contribution in [-0.4, -0.2) is 16.5 Å². The van der Waals surface area contributed by atoms with Crippen molar-refractivity contribution in [1.29, 1.82) is 0 Å². The number of nitro groups is 1. The van der Waals surface area contributed by atoms with E-state index in [1.54, 1.807) is 0 Å². The summed E-state index contributed by atoms with van der Waals surface area (Å²) in [5, 5.41) is 13.8. The van der Waals surface area contributed by atoms with Crippen LogP contribution in [0.25, 0.3) is 0 Å². The van der Waals surface area contributed by atoms with Crippen LogP contribution in [0.2, 0.25) is 0 Å². The highest BCUT2D eigenvalue weighted by Gasteiger charge is 2.09. The molecule has 0 bridgehead atoms. The van der Waals surface area contributed by atoms with Crippen molar-refractivity contribution >= 4 is 27.4 Å². The van der Waals surface area contributed by atoms with Crippen molar-refractivity contribution in [1.82, 2.24) is 4.98 Å². The van der Waals surface area contributed by atoms with Crippen LogP contribution in [0.15, 0.2) is 16.7 Å². The van der Waals surface area contributed by atoms with Crippen molar-refractivity contribution in [2.75, 3.05) is 11.9 Å². The highest BCUT2D eigenvalue weighted by Crippen LogP contribution is 2.24. The van der Waals surface area contributed by atoms with Gasteiger partial charge in [-0.05, 0) is 28.3 Å². The molecule has 0 saturated heterocycles. The van der Waals surface area contributed by atoms with Crippen LogP contribution in [0.3, 0.4) is 0 Å². The zero-order valence-corrected chi connectivity index (χ0v) is 13.6. The van der Waals surface area contributed by atoms with Crippen LogP contribution in [0.4, 0.5) is 11.5 Å². The van der Waals surface area contributed by atoms with E-state index in [1.165, 1.54) is 37.9 Å². The van der Waals surface area contributed by atoms with Gasteiger partial charge in [0.2, 0.25) is 0 Å². The maximum absolute atomic E-state index is 10.6. The molecule has 0 fully saturated rings. The smallest absolute Gasteiger partial charge is 0.288 e. The minimum Gasteiger partial charge on any atom is -0.369 e. The van der Waals surface area contributed by atoms with Crippen molar-refractivity contribution in [2.45, 2.75) is 46.0 Å². The van der Waals surface area contributed by atoms with Crippen molar-refractivity contribution in [3.05, 3.63) is 26.9 Å². The molecule has 0 saturated carbocycles. The fourth-order valence-electron chi connectivity index (χ4n) is 1.90. The summed E-state index contributed by atoms with van der Waals surface area (Å²) in [6.45, 7) is 5.34. The molecule has 5 nitrogen and oxygen atoms in total. The zero-order valence-electron chi connectivity index (χ0n) is 12.1. The fourth-order valence-corrected chi connectivity index (χ4v) is 2.37. The van der Waals surface area contributed by atoms with Gasteiger partial charge in [0.15, 0.2) is 0 Å². The molecule has 0 atom stereocenters. The van der Waals surface area contributed by atoms with Gasteiger partial charge in [-0.3, -0.25) is 10.1 Å². The Morgan fingerprint density at radius 3 is 2.65 bits per heavy atom. The number of nitrogens with zero attached hydrogens (tertiary/aromatic N) is 2. The third-order valence-electron chi connectivity index (χ3n) is 3.04. The fraction of sp³-hybridized carbons (Fsp3) is 0.643. The van der Waals surface area contributed by atoms with Crippen LogP contribution in [0, 0.1) is 16.0 Å². The summed E-state index contributed by atoms with van der Waals surface area (Å²) in [5.41, 5.74) is -0.00360. The van der Waals surface area contributed by atoms with Gasteiger partial charge in [-0.1, -0.05) is 39.5 Å². The summed E-state index contributed by atoms with van der Waals surface area (Å²) in [6.07, 6.45) is 7.40. The number of hydrogen-bond donors (Lipinski definition) is 1. The summed E-state index contributed by atoms with van der Waals surface area (Å²) < 4.78 is 0.631. The summed E-state index contributed by atoms with van der Waals surface area (Å²) in [6, 6.07) is 1.47. The topological polar surface area (TPSA) is 68.1 Å². The molecule has 0 amide bonds. The van der Waals surface area contributed by atoms with E-state index < -0.39 is 4.92 Å². The largest absolute Gasteiger partial charge is 0.369 e. The maximum atomic E-state index is 10.6. The zero-order chi connectivity index (χ0) is 15.0. The molecule has 0 spiro atoms. The SMILES string of the molecule is CC(C)CCCCCCNc1ncc([N+](=O)[O-])cc1Br. The van der Waals surface area contributed by atoms with Gasteiger partial charge in [-0.25, -0.2) is 4.98 Å². The van der Waals surface area contributed by atoms with E-state index >= 15 is 0 Å². The van der Waals surface area contributed by atoms with E-state index in [4.69, 9.17) is 0 Å². The summed E-state index contributed by atoms with van der Waals surface area (Å²) in [5.74, 6) is 1.45. The number of aromatic nitrogens is 1. The Labute approximate surface area is 128 Å². The van der Waals surface area contributed by atoms with Crippen molar-refractivity contribution in [3.8, 4) is 0 Å². The minimum absolute atomic E-state index is 0.00360. The molecular weight excluding hydrogens is 322 g/mol. The lowest BCUT2D eigenvalue weighted by molar-refractivity contribution is -0.385.